The second kappa shape index (κ2) is 6.46. The molecule has 1 aliphatic rings. The molecule has 2 aromatic carbocycles. The second-order valence-corrected chi connectivity index (χ2v) is 6.18. The zero-order chi connectivity index (χ0) is 14.7. The van der Waals surface area contributed by atoms with Gasteiger partial charge in [0.2, 0.25) is 0 Å². The van der Waals surface area contributed by atoms with Crippen molar-refractivity contribution in [3.05, 3.63) is 70.2 Å². The number of rotatable bonds is 3. The van der Waals surface area contributed by atoms with Gasteiger partial charge in [0, 0.05) is 17.6 Å². The lowest BCUT2D eigenvalue weighted by Gasteiger charge is -2.16. The van der Waals surface area contributed by atoms with E-state index in [1.54, 1.807) is 0 Å². The van der Waals surface area contributed by atoms with Crippen LogP contribution in [0.15, 0.2) is 48.5 Å². The van der Waals surface area contributed by atoms with E-state index in [1.165, 1.54) is 11.1 Å². The first-order chi connectivity index (χ1) is 10.2. The van der Waals surface area contributed by atoms with Crippen molar-refractivity contribution in [3.63, 3.8) is 0 Å². The van der Waals surface area contributed by atoms with Gasteiger partial charge in [0.1, 0.15) is 0 Å². The number of nitrogens with one attached hydrogen (secondary N) is 2. The largest absolute Gasteiger partial charge is 0.359 e. The van der Waals surface area contributed by atoms with Crippen LogP contribution in [-0.4, -0.2) is 11.2 Å². The Hall–Kier alpha value is -1.58. The van der Waals surface area contributed by atoms with Gasteiger partial charge in [-0.15, -0.1) is 0 Å². The molecule has 108 valence electrons. The second-order valence-electron chi connectivity index (χ2n) is 5.33. The standard InChI is InChI=1S/C17H17ClN2S/c18-15-7-3-4-12(8-15)11-19-17(21)20-16-9-13-5-1-2-6-14(13)10-16/h1-8,16H,9-11H2,(H2,19,20,21). The number of benzene rings is 2. The van der Waals surface area contributed by atoms with Crippen LogP contribution < -0.4 is 10.6 Å². The van der Waals surface area contributed by atoms with E-state index in [-0.39, 0.29) is 0 Å². The minimum atomic E-state index is 0.391. The Balaban J connectivity index is 1.50. The fourth-order valence-corrected chi connectivity index (χ4v) is 3.18. The Labute approximate surface area is 135 Å². The van der Waals surface area contributed by atoms with Gasteiger partial charge in [-0.3, -0.25) is 0 Å². The SMILES string of the molecule is S=C(NCc1cccc(Cl)c1)NC1Cc2ccccc2C1. The smallest absolute Gasteiger partial charge is 0.166 e. The summed E-state index contributed by atoms with van der Waals surface area (Å²) < 4.78 is 0. The van der Waals surface area contributed by atoms with E-state index in [4.69, 9.17) is 23.8 Å². The normalized spacial score (nSPS) is 13.8. The fraction of sp³-hybridized carbons (Fsp3) is 0.235. The lowest BCUT2D eigenvalue weighted by atomic mass is 10.1. The highest BCUT2D eigenvalue weighted by molar-refractivity contribution is 7.80. The van der Waals surface area contributed by atoms with Crippen molar-refractivity contribution in [2.45, 2.75) is 25.4 Å². The molecule has 0 unspecified atom stereocenters. The maximum Gasteiger partial charge on any atom is 0.166 e. The van der Waals surface area contributed by atoms with Crippen LogP contribution in [-0.2, 0) is 19.4 Å². The summed E-state index contributed by atoms with van der Waals surface area (Å²) in [6.45, 7) is 0.687. The molecule has 0 saturated heterocycles. The molecule has 0 spiro atoms. The Morgan fingerprint density at radius 2 is 1.81 bits per heavy atom. The molecule has 0 heterocycles. The van der Waals surface area contributed by atoms with Crippen LogP contribution in [0.5, 0.6) is 0 Å². The van der Waals surface area contributed by atoms with Crippen LogP contribution in [0.25, 0.3) is 0 Å². The Morgan fingerprint density at radius 3 is 2.48 bits per heavy atom. The third kappa shape index (κ3) is 3.74. The number of hydrogen-bond acceptors (Lipinski definition) is 1. The average molecular weight is 317 g/mol. The summed E-state index contributed by atoms with van der Waals surface area (Å²) in [6, 6.07) is 16.8. The van der Waals surface area contributed by atoms with Gasteiger partial charge >= 0.3 is 0 Å². The van der Waals surface area contributed by atoms with Gasteiger partial charge < -0.3 is 10.6 Å². The lowest BCUT2D eigenvalue weighted by molar-refractivity contribution is 0.633. The van der Waals surface area contributed by atoms with E-state index >= 15 is 0 Å². The molecule has 0 aliphatic heterocycles. The third-order valence-corrected chi connectivity index (χ3v) is 4.23. The topological polar surface area (TPSA) is 24.1 Å². The van der Waals surface area contributed by atoms with E-state index < -0.39 is 0 Å². The molecule has 2 nitrogen and oxygen atoms in total. The molecule has 0 fully saturated rings. The highest BCUT2D eigenvalue weighted by Gasteiger charge is 2.21. The van der Waals surface area contributed by atoms with Crippen molar-refractivity contribution >= 4 is 28.9 Å². The highest BCUT2D eigenvalue weighted by atomic mass is 35.5. The van der Waals surface area contributed by atoms with Crippen LogP contribution in [0.1, 0.15) is 16.7 Å². The maximum absolute atomic E-state index is 5.97. The van der Waals surface area contributed by atoms with Crippen molar-refractivity contribution < 1.29 is 0 Å². The van der Waals surface area contributed by atoms with E-state index in [0.29, 0.717) is 17.7 Å². The van der Waals surface area contributed by atoms with Crippen LogP contribution in [0.2, 0.25) is 5.02 Å². The summed E-state index contributed by atoms with van der Waals surface area (Å²) >= 11 is 11.4. The molecule has 3 rings (SSSR count). The number of halogens is 1. The molecule has 2 aromatic rings. The molecule has 0 saturated carbocycles. The summed E-state index contributed by atoms with van der Waals surface area (Å²) in [4.78, 5) is 0. The third-order valence-electron chi connectivity index (χ3n) is 3.73. The average Bonchev–Trinajstić information content (AvgIpc) is 2.87. The molecule has 0 aromatic heterocycles. The summed E-state index contributed by atoms with van der Waals surface area (Å²) in [5, 5.41) is 8.09. The Morgan fingerprint density at radius 1 is 1.10 bits per heavy atom. The molecule has 0 atom stereocenters. The molecular formula is C17H17ClN2S. The zero-order valence-corrected chi connectivity index (χ0v) is 13.2. The molecule has 4 heteroatoms. The summed E-state index contributed by atoms with van der Waals surface area (Å²) in [5.74, 6) is 0. The first-order valence-electron chi connectivity index (χ1n) is 7.06. The first-order valence-corrected chi connectivity index (χ1v) is 7.85. The van der Waals surface area contributed by atoms with Crippen LogP contribution in [0.3, 0.4) is 0 Å². The minimum Gasteiger partial charge on any atom is -0.359 e. The van der Waals surface area contributed by atoms with Gasteiger partial charge in [0.15, 0.2) is 5.11 Å². The number of fused-ring (bicyclic) bond motifs is 1. The van der Waals surface area contributed by atoms with Crippen LogP contribution in [0, 0.1) is 0 Å². The predicted octanol–water partition coefficient (Wildman–Crippen LogP) is 3.47. The van der Waals surface area contributed by atoms with Crippen molar-refractivity contribution in [2.75, 3.05) is 0 Å². The molecule has 21 heavy (non-hydrogen) atoms. The van der Waals surface area contributed by atoms with Gasteiger partial charge in [-0.05, 0) is 53.9 Å². The Kier molecular flexibility index (Phi) is 4.42. The summed E-state index contributed by atoms with van der Waals surface area (Å²) in [6.07, 6.45) is 2.07. The fourth-order valence-electron chi connectivity index (χ4n) is 2.73. The lowest BCUT2D eigenvalue weighted by Crippen LogP contribution is -2.42. The monoisotopic (exact) mass is 316 g/mol. The van der Waals surface area contributed by atoms with E-state index in [9.17, 15) is 0 Å². The first kappa shape index (κ1) is 14.4. The van der Waals surface area contributed by atoms with Gasteiger partial charge in [0.25, 0.3) is 0 Å². The Bertz CT molecular complexity index is 632. The number of hydrogen-bond donors (Lipinski definition) is 2. The van der Waals surface area contributed by atoms with Gasteiger partial charge in [-0.1, -0.05) is 48.0 Å². The quantitative estimate of drug-likeness (QED) is 0.848. The van der Waals surface area contributed by atoms with E-state index in [1.807, 2.05) is 24.3 Å². The molecule has 1 aliphatic carbocycles. The van der Waals surface area contributed by atoms with E-state index in [2.05, 4.69) is 34.9 Å². The van der Waals surface area contributed by atoms with Crippen molar-refractivity contribution in [2.24, 2.45) is 0 Å². The van der Waals surface area contributed by atoms with Crippen molar-refractivity contribution in [1.29, 1.82) is 0 Å². The maximum atomic E-state index is 5.97. The molecule has 0 radical (unpaired) electrons. The van der Waals surface area contributed by atoms with Gasteiger partial charge in [0.05, 0.1) is 0 Å². The molecule has 2 N–H and O–H groups in total. The van der Waals surface area contributed by atoms with Gasteiger partial charge in [-0.25, -0.2) is 0 Å². The van der Waals surface area contributed by atoms with Crippen LogP contribution in [0.4, 0.5) is 0 Å². The molecule has 0 bridgehead atoms. The summed E-state index contributed by atoms with van der Waals surface area (Å²) in [5.41, 5.74) is 3.97. The molecular weight excluding hydrogens is 300 g/mol. The molecule has 0 amide bonds. The number of thiocarbonyl (C=S) groups is 1. The highest BCUT2D eigenvalue weighted by Crippen LogP contribution is 2.21. The minimum absolute atomic E-state index is 0.391. The van der Waals surface area contributed by atoms with Crippen molar-refractivity contribution in [3.8, 4) is 0 Å². The van der Waals surface area contributed by atoms with Crippen LogP contribution >= 0.6 is 23.8 Å². The van der Waals surface area contributed by atoms with E-state index in [0.717, 1.165) is 23.4 Å². The van der Waals surface area contributed by atoms with Gasteiger partial charge in [-0.2, -0.15) is 0 Å². The predicted molar refractivity (Wildman–Crippen MR) is 91.7 cm³/mol. The zero-order valence-electron chi connectivity index (χ0n) is 11.6. The van der Waals surface area contributed by atoms with Crippen molar-refractivity contribution in [1.82, 2.24) is 10.6 Å². The summed E-state index contributed by atoms with van der Waals surface area (Å²) in [7, 11) is 0.